The van der Waals surface area contributed by atoms with E-state index in [1.54, 1.807) is 18.2 Å². The van der Waals surface area contributed by atoms with Crippen molar-refractivity contribution in [3.8, 4) is 0 Å². The van der Waals surface area contributed by atoms with E-state index >= 15 is 0 Å². The number of amides is 1. The summed E-state index contributed by atoms with van der Waals surface area (Å²) in [5.74, 6) is 1.29. The molecule has 2 aromatic heterocycles. The molecule has 0 aliphatic carbocycles. The normalized spacial score (nSPS) is 16.6. The Hall–Kier alpha value is -3.33. The maximum Gasteiger partial charge on any atom is 0.238 e. The Bertz CT molecular complexity index is 1050. The summed E-state index contributed by atoms with van der Waals surface area (Å²) in [5.41, 5.74) is 2.00. The van der Waals surface area contributed by atoms with Gasteiger partial charge in [0.25, 0.3) is 0 Å². The monoisotopic (exact) mass is 409 g/mol. The molecule has 156 valence electrons. The van der Waals surface area contributed by atoms with Gasteiger partial charge in [0.15, 0.2) is 5.82 Å². The van der Waals surface area contributed by atoms with Gasteiger partial charge < -0.3 is 10.6 Å². The standard InChI is InChI=1S/C21H24FN7O/c1-13-10-20(28-27-13)26-19-11-17(23-14(2)24-19)18-8-5-9-29(18)12-21(30)25-16-7-4-3-6-15(16)22/h3-4,6-7,10-11,18H,5,8-9,12H2,1-2H3,(H,25,30)(H2,23,24,26,27,28)/t18-/m0/s1. The van der Waals surface area contributed by atoms with E-state index in [-0.39, 0.29) is 24.2 Å². The fraction of sp³-hybridized carbons (Fsp3) is 0.333. The Morgan fingerprint density at radius 1 is 1.23 bits per heavy atom. The van der Waals surface area contributed by atoms with Crippen molar-refractivity contribution in [2.24, 2.45) is 0 Å². The summed E-state index contributed by atoms with van der Waals surface area (Å²) in [6.45, 7) is 4.72. The largest absolute Gasteiger partial charge is 0.323 e. The van der Waals surface area contributed by atoms with Gasteiger partial charge in [-0.2, -0.15) is 5.10 Å². The molecule has 1 aliphatic rings. The van der Waals surface area contributed by atoms with Crippen LogP contribution in [0, 0.1) is 19.7 Å². The number of aromatic amines is 1. The third-order valence-corrected chi connectivity index (χ3v) is 5.02. The highest BCUT2D eigenvalue weighted by molar-refractivity contribution is 5.92. The van der Waals surface area contributed by atoms with Crippen LogP contribution in [-0.2, 0) is 4.79 Å². The average Bonchev–Trinajstić information content (AvgIpc) is 3.32. The molecule has 1 saturated heterocycles. The van der Waals surface area contributed by atoms with Crippen LogP contribution in [0.2, 0.25) is 0 Å². The zero-order valence-electron chi connectivity index (χ0n) is 16.9. The molecular formula is C21H24FN7O. The van der Waals surface area contributed by atoms with Gasteiger partial charge in [0.1, 0.15) is 17.5 Å². The van der Waals surface area contributed by atoms with Crippen LogP contribution in [0.5, 0.6) is 0 Å². The lowest BCUT2D eigenvalue weighted by molar-refractivity contribution is -0.117. The predicted octanol–water partition coefficient (Wildman–Crippen LogP) is 3.47. The highest BCUT2D eigenvalue weighted by Crippen LogP contribution is 2.32. The van der Waals surface area contributed by atoms with Crippen molar-refractivity contribution in [1.82, 2.24) is 25.1 Å². The van der Waals surface area contributed by atoms with E-state index in [0.29, 0.717) is 17.5 Å². The van der Waals surface area contributed by atoms with Crippen molar-refractivity contribution in [3.05, 3.63) is 59.4 Å². The molecule has 30 heavy (non-hydrogen) atoms. The number of anilines is 3. The highest BCUT2D eigenvalue weighted by atomic mass is 19.1. The minimum absolute atomic E-state index is 0.000426. The molecule has 3 N–H and O–H groups in total. The zero-order valence-corrected chi connectivity index (χ0v) is 16.9. The van der Waals surface area contributed by atoms with Crippen LogP contribution in [0.15, 0.2) is 36.4 Å². The molecule has 1 amide bonds. The van der Waals surface area contributed by atoms with E-state index < -0.39 is 5.82 Å². The molecule has 3 heterocycles. The summed E-state index contributed by atoms with van der Waals surface area (Å²) in [7, 11) is 0. The van der Waals surface area contributed by atoms with E-state index in [2.05, 4.69) is 35.7 Å². The number of likely N-dealkylation sites (tertiary alicyclic amines) is 1. The summed E-state index contributed by atoms with van der Waals surface area (Å²) in [6, 6.07) is 9.95. The lowest BCUT2D eigenvalue weighted by Crippen LogP contribution is -2.33. The van der Waals surface area contributed by atoms with Crippen molar-refractivity contribution < 1.29 is 9.18 Å². The van der Waals surface area contributed by atoms with Gasteiger partial charge in [-0.05, 0) is 45.4 Å². The Balaban J connectivity index is 1.47. The quantitative estimate of drug-likeness (QED) is 0.577. The molecule has 0 bridgehead atoms. The number of rotatable bonds is 6. The SMILES string of the molecule is Cc1nc(Nc2cc(C)[nH]n2)cc([C@@H]2CCCN2CC(=O)Nc2ccccc2F)n1. The van der Waals surface area contributed by atoms with Gasteiger partial charge in [-0.1, -0.05) is 12.1 Å². The second-order valence-electron chi connectivity index (χ2n) is 7.44. The van der Waals surface area contributed by atoms with Crippen molar-refractivity contribution in [2.75, 3.05) is 23.7 Å². The van der Waals surface area contributed by atoms with E-state index in [9.17, 15) is 9.18 Å². The summed E-state index contributed by atoms with van der Waals surface area (Å²) < 4.78 is 13.8. The number of carbonyl (C=O) groups excluding carboxylic acids is 1. The van der Waals surface area contributed by atoms with E-state index in [0.717, 1.165) is 30.8 Å². The molecule has 0 saturated carbocycles. The van der Waals surface area contributed by atoms with Gasteiger partial charge >= 0.3 is 0 Å². The van der Waals surface area contributed by atoms with Gasteiger partial charge in [-0.3, -0.25) is 14.8 Å². The average molecular weight is 409 g/mol. The maximum atomic E-state index is 13.8. The summed E-state index contributed by atoms with van der Waals surface area (Å²) >= 11 is 0. The van der Waals surface area contributed by atoms with Crippen LogP contribution in [0.1, 0.15) is 36.1 Å². The molecule has 0 spiro atoms. The zero-order chi connectivity index (χ0) is 21.1. The molecule has 3 aromatic rings. The third kappa shape index (κ3) is 4.62. The number of para-hydroxylation sites is 1. The molecule has 9 heteroatoms. The lowest BCUT2D eigenvalue weighted by Gasteiger charge is -2.24. The first-order chi connectivity index (χ1) is 14.5. The summed E-state index contributed by atoms with van der Waals surface area (Å²) in [6.07, 6.45) is 1.85. The number of aromatic nitrogens is 4. The van der Waals surface area contributed by atoms with Gasteiger partial charge in [-0.25, -0.2) is 14.4 Å². The molecule has 1 atom stereocenters. The second-order valence-corrected chi connectivity index (χ2v) is 7.44. The number of benzene rings is 1. The van der Waals surface area contributed by atoms with Crippen LogP contribution in [0.25, 0.3) is 0 Å². The van der Waals surface area contributed by atoms with Crippen LogP contribution in [0.4, 0.5) is 21.7 Å². The fourth-order valence-corrected chi connectivity index (χ4v) is 3.73. The van der Waals surface area contributed by atoms with Crippen molar-refractivity contribution in [2.45, 2.75) is 32.7 Å². The van der Waals surface area contributed by atoms with Crippen LogP contribution in [-0.4, -0.2) is 44.1 Å². The second kappa shape index (κ2) is 8.58. The first-order valence-corrected chi connectivity index (χ1v) is 9.91. The number of hydrogen-bond acceptors (Lipinski definition) is 6. The predicted molar refractivity (Wildman–Crippen MR) is 112 cm³/mol. The first-order valence-electron chi connectivity index (χ1n) is 9.91. The number of halogens is 1. The van der Waals surface area contributed by atoms with Crippen LogP contribution < -0.4 is 10.6 Å². The Labute approximate surface area is 173 Å². The maximum absolute atomic E-state index is 13.8. The molecule has 4 rings (SSSR count). The lowest BCUT2D eigenvalue weighted by atomic mass is 10.1. The van der Waals surface area contributed by atoms with Crippen molar-refractivity contribution in [1.29, 1.82) is 0 Å². The Kier molecular flexibility index (Phi) is 5.71. The molecule has 0 unspecified atom stereocenters. The number of aryl methyl sites for hydroxylation is 2. The highest BCUT2D eigenvalue weighted by Gasteiger charge is 2.29. The topological polar surface area (TPSA) is 98.8 Å². The minimum atomic E-state index is -0.445. The smallest absolute Gasteiger partial charge is 0.238 e. The van der Waals surface area contributed by atoms with E-state index in [1.165, 1.54) is 6.07 Å². The summed E-state index contributed by atoms with van der Waals surface area (Å²) in [5, 5.41) is 12.9. The number of hydrogen-bond donors (Lipinski definition) is 3. The van der Waals surface area contributed by atoms with Gasteiger partial charge in [-0.15, -0.1) is 0 Å². The van der Waals surface area contributed by atoms with Crippen molar-refractivity contribution in [3.63, 3.8) is 0 Å². The summed E-state index contributed by atoms with van der Waals surface area (Å²) in [4.78, 5) is 23.6. The molecule has 1 aliphatic heterocycles. The first kappa shape index (κ1) is 20.0. The van der Waals surface area contributed by atoms with E-state index in [4.69, 9.17) is 0 Å². The molecule has 8 nitrogen and oxygen atoms in total. The number of nitrogens with zero attached hydrogens (tertiary/aromatic N) is 4. The molecule has 1 aromatic carbocycles. The Morgan fingerprint density at radius 2 is 2.07 bits per heavy atom. The van der Waals surface area contributed by atoms with Gasteiger partial charge in [0.2, 0.25) is 5.91 Å². The minimum Gasteiger partial charge on any atom is -0.323 e. The number of nitrogens with one attached hydrogen (secondary N) is 3. The van der Waals surface area contributed by atoms with Crippen molar-refractivity contribution >= 4 is 23.2 Å². The molecular weight excluding hydrogens is 385 g/mol. The molecule has 1 fully saturated rings. The number of carbonyl (C=O) groups is 1. The Morgan fingerprint density at radius 3 is 2.83 bits per heavy atom. The fourth-order valence-electron chi connectivity index (χ4n) is 3.73. The number of H-pyrrole nitrogens is 1. The van der Waals surface area contributed by atoms with Crippen LogP contribution in [0.3, 0.4) is 0 Å². The van der Waals surface area contributed by atoms with Gasteiger partial charge in [0.05, 0.1) is 24.0 Å². The van der Waals surface area contributed by atoms with E-state index in [1.807, 2.05) is 26.0 Å². The van der Waals surface area contributed by atoms with Crippen LogP contribution >= 0.6 is 0 Å². The van der Waals surface area contributed by atoms with Gasteiger partial charge in [0, 0.05) is 17.8 Å². The molecule has 0 radical (unpaired) electrons. The third-order valence-electron chi connectivity index (χ3n) is 5.02.